The summed E-state index contributed by atoms with van der Waals surface area (Å²) in [6, 6.07) is 15.9. The van der Waals surface area contributed by atoms with Gasteiger partial charge in [-0.3, -0.25) is 0 Å². The molecular formula is C15H14OS. The predicted molar refractivity (Wildman–Crippen MR) is 74.8 cm³/mol. The molecule has 2 aromatic rings. The fraction of sp³-hybridized carbons (Fsp3) is 0.0667. The van der Waals surface area contributed by atoms with Crippen LogP contribution in [0.1, 0.15) is 0 Å². The Hall–Kier alpha value is -1.67. The van der Waals surface area contributed by atoms with Crippen LogP contribution in [-0.2, 0) is 0 Å². The van der Waals surface area contributed by atoms with Crippen molar-refractivity contribution in [3.05, 3.63) is 61.2 Å². The molecule has 0 aliphatic heterocycles. The van der Waals surface area contributed by atoms with Crippen molar-refractivity contribution in [1.29, 1.82) is 0 Å². The van der Waals surface area contributed by atoms with Crippen LogP contribution in [0.15, 0.2) is 66.1 Å². The molecule has 86 valence electrons. The lowest BCUT2D eigenvalue weighted by molar-refractivity contribution is 0.364. The van der Waals surface area contributed by atoms with E-state index in [-0.39, 0.29) is 0 Å². The highest BCUT2D eigenvalue weighted by molar-refractivity contribution is 7.80. The maximum atomic E-state index is 5.64. The van der Waals surface area contributed by atoms with Crippen molar-refractivity contribution in [2.75, 3.05) is 6.61 Å². The Labute approximate surface area is 107 Å². The highest BCUT2D eigenvalue weighted by atomic mass is 32.1. The van der Waals surface area contributed by atoms with E-state index in [0.29, 0.717) is 6.61 Å². The third-order valence-electron chi connectivity index (χ3n) is 2.44. The van der Waals surface area contributed by atoms with Crippen LogP contribution in [0.4, 0.5) is 0 Å². The number of benzene rings is 2. The first-order valence-corrected chi connectivity index (χ1v) is 5.88. The minimum absolute atomic E-state index is 0.506. The zero-order chi connectivity index (χ0) is 12.1. The SMILES string of the molecule is C=CCOc1ccccc1-c1ccccc1S. The Morgan fingerprint density at radius 2 is 1.65 bits per heavy atom. The molecule has 0 atom stereocenters. The molecule has 2 heteroatoms. The van der Waals surface area contributed by atoms with E-state index in [9.17, 15) is 0 Å². The van der Waals surface area contributed by atoms with Gasteiger partial charge in [0.05, 0.1) is 0 Å². The minimum Gasteiger partial charge on any atom is -0.489 e. The normalized spacial score (nSPS) is 9.94. The zero-order valence-electron chi connectivity index (χ0n) is 9.47. The van der Waals surface area contributed by atoms with Gasteiger partial charge in [0.2, 0.25) is 0 Å². The van der Waals surface area contributed by atoms with Gasteiger partial charge in [-0.2, -0.15) is 0 Å². The minimum atomic E-state index is 0.506. The van der Waals surface area contributed by atoms with Gasteiger partial charge in [-0.1, -0.05) is 49.1 Å². The maximum Gasteiger partial charge on any atom is 0.127 e. The third-order valence-corrected chi connectivity index (χ3v) is 2.83. The molecule has 0 saturated carbocycles. The molecule has 0 aliphatic rings. The number of hydrogen-bond donors (Lipinski definition) is 1. The van der Waals surface area contributed by atoms with E-state index in [2.05, 4.69) is 19.2 Å². The molecule has 0 aliphatic carbocycles. The summed E-state index contributed by atoms with van der Waals surface area (Å²) in [6.07, 6.45) is 1.74. The molecule has 0 aromatic heterocycles. The van der Waals surface area contributed by atoms with E-state index in [4.69, 9.17) is 4.74 Å². The highest BCUT2D eigenvalue weighted by Gasteiger charge is 2.07. The summed E-state index contributed by atoms with van der Waals surface area (Å²) in [6.45, 7) is 4.16. The molecule has 0 spiro atoms. The molecular weight excluding hydrogens is 228 g/mol. The zero-order valence-corrected chi connectivity index (χ0v) is 10.4. The lowest BCUT2D eigenvalue weighted by Crippen LogP contribution is -1.95. The van der Waals surface area contributed by atoms with Crippen molar-refractivity contribution in [1.82, 2.24) is 0 Å². The summed E-state index contributed by atoms with van der Waals surface area (Å²) >= 11 is 4.47. The highest BCUT2D eigenvalue weighted by Crippen LogP contribution is 2.33. The van der Waals surface area contributed by atoms with Gasteiger partial charge in [-0.25, -0.2) is 0 Å². The lowest BCUT2D eigenvalue weighted by atomic mass is 10.0. The van der Waals surface area contributed by atoms with Gasteiger partial charge in [0.15, 0.2) is 0 Å². The summed E-state index contributed by atoms with van der Waals surface area (Å²) in [5.74, 6) is 0.855. The molecule has 0 saturated heterocycles. The average molecular weight is 242 g/mol. The number of hydrogen-bond acceptors (Lipinski definition) is 2. The van der Waals surface area contributed by atoms with Crippen molar-refractivity contribution in [3.8, 4) is 16.9 Å². The van der Waals surface area contributed by atoms with E-state index in [1.54, 1.807) is 6.08 Å². The molecule has 0 heterocycles. The van der Waals surface area contributed by atoms with E-state index < -0.39 is 0 Å². The first kappa shape index (κ1) is 11.8. The second-order valence-electron chi connectivity index (χ2n) is 3.61. The van der Waals surface area contributed by atoms with Crippen LogP contribution in [0, 0.1) is 0 Å². The largest absolute Gasteiger partial charge is 0.489 e. The molecule has 2 aromatic carbocycles. The Balaban J connectivity index is 2.44. The summed E-state index contributed by atoms with van der Waals surface area (Å²) in [4.78, 5) is 0.946. The average Bonchev–Trinajstić information content (AvgIpc) is 2.37. The van der Waals surface area contributed by atoms with Crippen LogP contribution in [-0.4, -0.2) is 6.61 Å². The Morgan fingerprint density at radius 3 is 2.35 bits per heavy atom. The molecule has 0 amide bonds. The predicted octanol–water partition coefficient (Wildman–Crippen LogP) is 4.21. The van der Waals surface area contributed by atoms with E-state index in [1.807, 2.05) is 48.5 Å². The lowest BCUT2D eigenvalue weighted by Gasteiger charge is -2.11. The molecule has 0 unspecified atom stereocenters. The molecule has 1 nitrogen and oxygen atoms in total. The fourth-order valence-corrected chi connectivity index (χ4v) is 1.95. The summed E-state index contributed by atoms with van der Waals surface area (Å²) < 4.78 is 5.64. The van der Waals surface area contributed by atoms with Crippen LogP contribution in [0.25, 0.3) is 11.1 Å². The standard InChI is InChI=1S/C15H14OS/c1-2-11-16-14-9-5-3-7-12(14)13-8-4-6-10-15(13)17/h2-10,17H,1,11H2. The van der Waals surface area contributed by atoms with Gasteiger partial charge in [0.25, 0.3) is 0 Å². The topological polar surface area (TPSA) is 9.23 Å². The van der Waals surface area contributed by atoms with Gasteiger partial charge in [-0.15, -0.1) is 12.6 Å². The Kier molecular flexibility index (Phi) is 3.89. The van der Waals surface area contributed by atoms with Crippen molar-refractivity contribution < 1.29 is 4.74 Å². The number of para-hydroxylation sites is 1. The maximum absolute atomic E-state index is 5.64. The monoisotopic (exact) mass is 242 g/mol. The van der Waals surface area contributed by atoms with E-state index in [0.717, 1.165) is 21.8 Å². The van der Waals surface area contributed by atoms with E-state index >= 15 is 0 Å². The van der Waals surface area contributed by atoms with Crippen LogP contribution in [0.2, 0.25) is 0 Å². The summed E-state index contributed by atoms with van der Waals surface area (Å²) in [7, 11) is 0. The third kappa shape index (κ3) is 2.71. The smallest absolute Gasteiger partial charge is 0.127 e. The molecule has 0 bridgehead atoms. The first-order chi connectivity index (χ1) is 8.33. The number of rotatable bonds is 4. The molecule has 2 rings (SSSR count). The quantitative estimate of drug-likeness (QED) is 0.624. The first-order valence-electron chi connectivity index (χ1n) is 5.44. The van der Waals surface area contributed by atoms with Crippen LogP contribution in [0.3, 0.4) is 0 Å². The van der Waals surface area contributed by atoms with Crippen molar-refractivity contribution in [2.24, 2.45) is 0 Å². The molecule has 0 radical (unpaired) electrons. The summed E-state index contributed by atoms with van der Waals surface area (Å²) in [5, 5.41) is 0. The van der Waals surface area contributed by atoms with Gasteiger partial charge in [-0.05, 0) is 17.7 Å². The fourth-order valence-electron chi connectivity index (χ4n) is 1.67. The van der Waals surface area contributed by atoms with Crippen LogP contribution >= 0.6 is 12.6 Å². The second kappa shape index (κ2) is 5.60. The Morgan fingerprint density at radius 1 is 1.00 bits per heavy atom. The van der Waals surface area contributed by atoms with Gasteiger partial charge in [0, 0.05) is 10.5 Å². The van der Waals surface area contributed by atoms with Gasteiger partial charge in [0.1, 0.15) is 12.4 Å². The molecule has 17 heavy (non-hydrogen) atoms. The van der Waals surface area contributed by atoms with Crippen LogP contribution in [0.5, 0.6) is 5.75 Å². The van der Waals surface area contributed by atoms with Crippen molar-refractivity contribution in [2.45, 2.75) is 4.90 Å². The van der Waals surface area contributed by atoms with Gasteiger partial charge < -0.3 is 4.74 Å². The van der Waals surface area contributed by atoms with E-state index in [1.165, 1.54) is 0 Å². The van der Waals surface area contributed by atoms with Crippen molar-refractivity contribution in [3.63, 3.8) is 0 Å². The number of thiol groups is 1. The second-order valence-corrected chi connectivity index (χ2v) is 4.09. The molecule has 0 N–H and O–H groups in total. The Bertz CT molecular complexity index is 520. The van der Waals surface area contributed by atoms with Crippen LogP contribution < -0.4 is 4.74 Å². The summed E-state index contributed by atoms with van der Waals surface area (Å²) in [5.41, 5.74) is 2.13. The molecule has 0 fully saturated rings. The van der Waals surface area contributed by atoms with Gasteiger partial charge >= 0.3 is 0 Å². The van der Waals surface area contributed by atoms with Crippen molar-refractivity contribution >= 4 is 12.6 Å². The number of ether oxygens (including phenoxy) is 1.